The van der Waals surface area contributed by atoms with Gasteiger partial charge in [-0.25, -0.2) is 12.8 Å². The molecule has 2 rings (SSSR count). The van der Waals surface area contributed by atoms with Gasteiger partial charge in [-0.15, -0.1) is 0 Å². The van der Waals surface area contributed by atoms with E-state index in [9.17, 15) is 17.6 Å². The van der Waals surface area contributed by atoms with Crippen molar-refractivity contribution in [1.29, 1.82) is 0 Å². The SMILES string of the molecule is CC[C@H](C(=O)Nc1ccc(Br)cc1F)N(c1ccc(Cl)cc1)S(C)(=O)=O. The summed E-state index contributed by atoms with van der Waals surface area (Å²) in [5.74, 6) is -1.26. The summed E-state index contributed by atoms with van der Waals surface area (Å²) in [6.07, 6.45) is 1.21. The van der Waals surface area contributed by atoms with Crippen LogP contribution in [0, 0.1) is 5.82 Å². The van der Waals surface area contributed by atoms with Gasteiger partial charge in [-0.05, 0) is 48.9 Å². The maximum atomic E-state index is 14.0. The average Bonchev–Trinajstić information content (AvgIpc) is 2.55. The summed E-state index contributed by atoms with van der Waals surface area (Å²) >= 11 is 8.99. The van der Waals surface area contributed by atoms with Gasteiger partial charge in [0, 0.05) is 9.50 Å². The molecule has 2 aromatic carbocycles. The lowest BCUT2D eigenvalue weighted by molar-refractivity contribution is -0.117. The molecule has 0 radical (unpaired) electrons. The van der Waals surface area contributed by atoms with Gasteiger partial charge in [-0.3, -0.25) is 9.10 Å². The fourth-order valence-corrected chi connectivity index (χ4v) is 4.13. The van der Waals surface area contributed by atoms with E-state index in [1.54, 1.807) is 13.0 Å². The predicted molar refractivity (Wildman–Crippen MR) is 106 cm³/mol. The third-order valence-electron chi connectivity index (χ3n) is 3.60. The van der Waals surface area contributed by atoms with E-state index in [0.717, 1.165) is 10.6 Å². The standard InChI is InChI=1S/C17H17BrClFN2O3S/c1-3-16(17(23)21-15-9-4-11(18)10-14(15)20)22(26(2,24)25)13-7-5-12(19)6-8-13/h4-10,16H,3H2,1-2H3,(H,21,23)/t16-/m1/s1. The van der Waals surface area contributed by atoms with Crippen molar-refractivity contribution in [2.24, 2.45) is 0 Å². The number of nitrogens with zero attached hydrogens (tertiary/aromatic N) is 1. The first kappa shape index (κ1) is 20.7. The number of anilines is 2. The topological polar surface area (TPSA) is 66.5 Å². The van der Waals surface area contributed by atoms with E-state index < -0.39 is 27.8 Å². The highest BCUT2D eigenvalue weighted by molar-refractivity contribution is 9.10. The number of benzene rings is 2. The molecule has 0 saturated carbocycles. The fourth-order valence-electron chi connectivity index (χ4n) is 2.46. The number of rotatable bonds is 6. The van der Waals surface area contributed by atoms with Gasteiger partial charge in [-0.2, -0.15) is 0 Å². The van der Waals surface area contributed by atoms with Crippen LogP contribution < -0.4 is 9.62 Å². The molecule has 0 heterocycles. The van der Waals surface area contributed by atoms with E-state index in [2.05, 4.69) is 21.2 Å². The summed E-state index contributed by atoms with van der Waals surface area (Å²) in [6, 6.07) is 9.24. The molecule has 140 valence electrons. The molecular weight excluding hydrogens is 447 g/mol. The van der Waals surface area contributed by atoms with E-state index in [1.807, 2.05) is 0 Å². The zero-order valence-corrected chi connectivity index (χ0v) is 17.2. The van der Waals surface area contributed by atoms with Crippen LogP contribution in [-0.4, -0.2) is 26.6 Å². The Labute approximate surface area is 165 Å². The van der Waals surface area contributed by atoms with Gasteiger partial charge in [-0.1, -0.05) is 34.5 Å². The van der Waals surface area contributed by atoms with Gasteiger partial charge >= 0.3 is 0 Å². The molecule has 0 spiro atoms. The minimum atomic E-state index is -3.77. The second-order valence-corrected chi connectivity index (χ2v) is 8.78. The molecule has 0 aliphatic heterocycles. The summed E-state index contributed by atoms with van der Waals surface area (Å²) < 4.78 is 40.2. The van der Waals surface area contributed by atoms with Gasteiger partial charge in [0.1, 0.15) is 11.9 Å². The number of sulfonamides is 1. The molecule has 0 bridgehead atoms. The second-order valence-electron chi connectivity index (χ2n) is 5.57. The molecule has 0 aromatic heterocycles. The van der Waals surface area contributed by atoms with Crippen LogP contribution in [0.15, 0.2) is 46.9 Å². The van der Waals surface area contributed by atoms with Crippen LogP contribution in [-0.2, 0) is 14.8 Å². The van der Waals surface area contributed by atoms with E-state index in [0.29, 0.717) is 15.2 Å². The molecule has 2 aromatic rings. The number of halogens is 3. The molecule has 1 atom stereocenters. The molecule has 0 unspecified atom stereocenters. The van der Waals surface area contributed by atoms with Crippen molar-refractivity contribution in [3.05, 3.63) is 57.8 Å². The molecule has 9 heteroatoms. The Morgan fingerprint density at radius 1 is 1.27 bits per heavy atom. The molecule has 1 amide bonds. The molecule has 0 fully saturated rings. The van der Waals surface area contributed by atoms with Crippen molar-refractivity contribution < 1.29 is 17.6 Å². The van der Waals surface area contributed by atoms with Crippen LogP contribution in [0.2, 0.25) is 5.02 Å². The second kappa shape index (κ2) is 8.37. The number of amides is 1. The zero-order valence-electron chi connectivity index (χ0n) is 14.0. The monoisotopic (exact) mass is 462 g/mol. The van der Waals surface area contributed by atoms with Crippen LogP contribution in [0.5, 0.6) is 0 Å². The Morgan fingerprint density at radius 3 is 2.38 bits per heavy atom. The minimum absolute atomic E-state index is 0.0267. The Hall–Kier alpha value is -1.64. The first-order valence-electron chi connectivity index (χ1n) is 7.64. The van der Waals surface area contributed by atoms with Gasteiger partial charge in [0.15, 0.2) is 0 Å². The highest BCUT2D eigenvalue weighted by Gasteiger charge is 2.31. The third kappa shape index (κ3) is 4.96. The normalized spacial score (nSPS) is 12.5. The fraction of sp³-hybridized carbons (Fsp3) is 0.235. The van der Waals surface area contributed by atoms with Crippen LogP contribution in [0.25, 0.3) is 0 Å². The van der Waals surface area contributed by atoms with E-state index in [-0.39, 0.29) is 12.1 Å². The lowest BCUT2D eigenvalue weighted by Crippen LogP contribution is -2.47. The smallest absolute Gasteiger partial charge is 0.248 e. The molecule has 1 N–H and O–H groups in total. The largest absolute Gasteiger partial charge is 0.322 e. The number of hydrogen-bond donors (Lipinski definition) is 1. The summed E-state index contributed by atoms with van der Waals surface area (Å²) in [4.78, 5) is 12.7. The van der Waals surface area contributed by atoms with Crippen LogP contribution in [0.3, 0.4) is 0 Å². The summed E-state index contributed by atoms with van der Waals surface area (Å²) in [7, 11) is -3.77. The summed E-state index contributed by atoms with van der Waals surface area (Å²) in [5.41, 5.74) is 0.274. The van der Waals surface area contributed by atoms with Crippen LogP contribution in [0.4, 0.5) is 15.8 Å². The lowest BCUT2D eigenvalue weighted by Gasteiger charge is -2.30. The lowest BCUT2D eigenvalue weighted by atomic mass is 10.1. The first-order chi connectivity index (χ1) is 12.1. The molecular formula is C17H17BrClFN2O3S. The summed E-state index contributed by atoms with van der Waals surface area (Å²) in [6.45, 7) is 1.68. The van der Waals surface area contributed by atoms with Gasteiger partial charge in [0.25, 0.3) is 0 Å². The number of carbonyl (C=O) groups excluding carboxylic acids is 1. The molecule has 0 aliphatic rings. The Morgan fingerprint density at radius 2 is 1.88 bits per heavy atom. The van der Waals surface area contributed by atoms with Gasteiger partial charge < -0.3 is 5.32 Å². The quantitative estimate of drug-likeness (QED) is 0.689. The molecule has 0 saturated heterocycles. The molecule has 0 aliphatic carbocycles. The number of hydrogen-bond acceptors (Lipinski definition) is 3. The highest BCUT2D eigenvalue weighted by Crippen LogP contribution is 2.26. The van der Waals surface area contributed by atoms with Crippen LogP contribution in [0.1, 0.15) is 13.3 Å². The molecule has 26 heavy (non-hydrogen) atoms. The van der Waals surface area contributed by atoms with E-state index in [4.69, 9.17) is 11.6 Å². The van der Waals surface area contributed by atoms with Crippen LogP contribution >= 0.6 is 27.5 Å². The van der Waals surface area contributed by atoms with Crippen molar-refractivity contribution in [1.82, 2.24) is 0 Å². The van der Waals surface area contributed by atoms with Crippen molar-refractivity contribution in [3.8, 4) is 0 Å². The van der Waals surface area contributed by atoms with Gasteiger partial charge in [0.2, 0.25) is 15.9 Å². The summed E-state index contributed by atoms with van der Waals surface area (Å²) in [5, 5.41) is 2.90. The van der Waals surface area contributed by atoms with Crippen molar-refractivity contribution in [2.75, 3.05) is 15.9 Å². The first-order valence-corrected chi connectivity index (χ1v) is 10.7. The maximum Gasteiger partial charge on any atom is 0.248 e. The zero-order chi connectivity index (χ0) is 19.5. The predicted octanol–water partition coefficient (Wildman–Crippen LogP) is 4.42. The minimum Gasteiger partial charge on any atom is -0.322 e. The number of nitrogens with one attached hydrogen (secondary N) is 1. The van der Waals surface area contributed by atoms with Crippen molar-refractivity contribution in [3.63, 3.8) is 0 Å². The Bertz CT molecular complexity index is 907. The van der Waals surface area contributed by atoms with Gasteiger partial charge in [0.05, 0.1) is 17.6 Å². The van der Waals surface area contributed by atoms with E-state index in [1.165, 1.54) is 36.4 Å². The third-order valence-corrected chi connectivity index (χ3v) is 5.52. The van der Waals surface area contributed by atoms with Crippen molar-refractivity contribution >= 4 is 54.8 Å². The van der Waals surface area contributed by atoms with E-state index >= 15 is 0 Å². The molecule has 5 nitrogen and oxygen atoms in total. The maximum absolute atomic E-state index is 14.0. The van der Waals surface area contributed by atoms with Crippen molar-refractivity contribution in [2.45, 2.75) is 19.4 Å². The average molecular weight is 464 g/mol. The Balaban J connectivity index is 2.38. The number of carbonyl (C=O) groups is 1. The highest BCUT2D eigenvalue weighted by atomic mass is 79.9. The Kier molecular flexibility index (Phi) is 6.65.